The second-order valence-corrected chi connectivity index (χ2v) is 13.1. The highest BCUT2D eigenvalue weighted by atomic mass is 32.1. The van der Waals surface area contributed by atoms with Crippen molar-refractivity contribution in [2.75, 3.05) is 4.90 Å². The van der Waals surface area contributed by atoms with Crippen LogP contribution in [-0.2, 0) is 0 Å². The standard InChI is InChI=1S/C42H27NOS/c1-2-8-31-26(7-1)14-20-33-32(31)19-15-27-13-16-28(23-38(27)33)43(29-17-21-35-34-9-3-5-11-39(34)44-40(35)24-29)30-18-22-37-36-10-4-6-12-41(36)45-42(37)25-30/h1-10,12-25,39H,11H2. The molecule has 0 amide bonds. The van der Waals surface area contributed by atoms with Crippen LogP contribution in [0.2, 0.25) is 0 Å². The molecule has 0 saturated heterocycles. The zero-order chi connectivity index (χ0) is 29.5. The molecule has 0 bridgehead atoms. The van der Waals surface area contributed by atoms with E-state index in [0.717, 1.165) is 29.2 Å². The van der Waals surface area contributed by atoms with E-state index in [1.165, 1.54) is 63.6 Å². The summed E-state index contributed by atoms with van der Waals surface area (Å²) in [4.78, 5) is 2.39. The van der Waals surface area contributed by atoms with E-state index in [1.54, 1.807) is 0 Å². The van der Waals surface area contributed by atoms with Crippen LogP contribution in [0.1, 0.15) is 12.0 Å². The predicted molar refractivity (Wildman–Crippen MR) is 193 cm³/mol. The molecular weight excluding hydrogens is 567 g/mol. The molecule has 2 aliphatic rings. The predicted octanol–water partition coefficient (Wildman–Crippen LogP) is 12.1. The number of hydrogen-bond donors (Lipinski definition) is 0. The molecule has 2 nitrogen and oxygen atoms in total. The summed E-state index contributed by atoms with van der Waals surface area (Å²) in [5.41, 5.74) is 5.83. The van der Waals surface area contributed by atoms with Gasteiger partial charge in [0.1, 0.15) is 11.9 Å². The number of nitrogens with zero attached hydrogens (tertiary/aromatic N) is 1. The third-order valence-corrected chi connectivity index (χ3v) is 10.7. The van der Waals surface area contributed by atoms with E-state index in [9.17, 15) is 0 Å². The maximum atomic E-state index is 6.51. The molecule has 3 heteroatoms. The maximum absolute atomic E-state index is 6.51. The van der Waals surface area contributed by atoms with E-state index >= 15 is 0 Å². The number of allylic oxidation sites excluding steroid dienone is 2. The van der Waals surface area contributed by atoms with Gasteiger partial charge < -0.3 is 9.64 Å². The molecule has 45 heavy (non-hydrogen) atoms. The van der Waals surface area contributed by atoms with Crippen LogP contribution in [0.15, 0.2) is 146 Å². The molecule has 0 saturated carbocycles. The van der Waals surface area contributed by atoms with Gasteiger partial charge in [0.2, 0.25) is 0 Å². The highest BCUT2D eigenvalue weighted by Gasteiger charge is 2.29. The summed E-state index contributed by atoms with van der Waals surface area (Å²) < 4.78 is 9.11. The van der Waals surface area contributed by atoms with Crippen molar-refractivity contribution in [3.05, 3.63) is 151 Å². The molecule has 1 aliphatic heterocycles. The molecular formula is C42H27NOS. The first-order valence-electron chi connectivity index (χ1n) is 15.5. The molecule has 1 aromatic heterocycles. The number of ether oxygens (including phenoxy) is 1. The number of anilines is 3. The van der Waals surface area contributed by atoms with Gasteiger partial charge in [-0.25, -0.2) is 0 Å². The Hall–Kier alpha value is -5.38. The topological polar surface area (TPSA) is 12.5 Å². The second-order valence-electron chi connectivity index (χ2n) is 12.0. The van der Waals surface area contributed by atoms with Crippen LogP contribution in [0, 0.1) is 0 Å². The Labute approximate surface area is 264 Å². The molecule has 2 heterocycles. The Morgan fingerprint density at radius 2 is 1.22 bits per heavy atom. The van der Waals surface area contributed by atoms with Gasteiger partial charge in [0.05, 0.1) is 0 Å². The van der Waals surface area contributed by atoms with Gasteiger partial charge in [-0.05, 0) is 74.8 Å². The Morgan fingerprint density at radius 1 is 0.556 bits per heavy atom. The fourth-order valence-corrected chi connectivity index (χ4v) is 8.51. The molecule has 1 atom stereocenters. The van der Waals surface area contributed by atoms with Crippen LogP contribution >= 0.6 is 11.3 Å². The largest absolute Gasteiger partial charge is 0.485 e. The zero-order valence-corrected chi connectivity index (χ0v) is 25.2. The van der Waals surface area contributed by atoms with E-state index in [-0.39, 0.29) is 6.10 Å². The van der Waals surface area contributed by atoms with Crippen LogP contribution in [-0.4, -0.2) is 6.10 Å². The van der Waals surface area contributed by atoms with Gasteiger partial charge >= 0.3 is 0 Å². The number of benzene rings is 7. The smallest absolute Gasteiger partial charge is 0.129 e. The SMILES string of the molecule is C1=CCC2Oc3cc(N(c4ccc5c(c4)sc4ccccc45)c4ccc5ccc6c7ccccc7ccc6c5c4)ccc3C2=C1. The monoisotopic (exact) mass is 593 g/mol. The van der Waals surface area contributed by atoms with E-state index in [0.29, 0.717) is 0 Å². The molecule has 8 aromatic rings. The third-order valence-electron chi connectivity index (χ3n) is 9.52. The van der Waals surface area contributed by atoms with Crippen LogP contribution in [0.5, 0.6) is 5.75 Å². The molecule has 10 rings (SSSR count). The van der Waals surface area contributed by atoms with Crippen molar-refractivity contribution in [1.29, 1.82) is 0 Å². The highest BCUT2D eigenvalue weighted by molar-refractivity contribution is 7.25. The number of thiophene rings is 1. The minimum absolute atomic E-state index is 0.102. The van der Waals surface area contributed by atoms with E-state index in [2.05, 4.69) is 151 Å². The summed E-state index contributed by atoms with van der Waals surface area (Å²) in [7, 11) is 0. The quantitative estimate of drug-likeness (QED) is 0.189. The Bertz CT molecular complexity index is 2570. The van der Waals surface area contributed by atoms with Gasteiger partial charge in [0.15, 0.2) is 0 Å². The molecule has 0 spiro atoms. The van der Waals surface area contributed by atoms with Crippen molar-refractivity contribution in [2.45, 2.75) is 12.5 Å². The minimum Gasteiger partial charge on any atom is -0.485 e. The molecule has 1 unspecified atom stereocenters. The number of hydrogen-bond acceptors (Lipinski definition) is 3. The van der Waals surface area contributed by atoms with Crippen LogP contribution in [0.3, 0.4) is 0 Å². The summed E-state index contributed by atoms with van der Waals surface area (Å²) >= 11 is 1.86. The first-order chi connectivity index (χ1) is 22.3. The second kappa shape index (κ2) is 9.56. The average Bonchev–Trinajstić information content (AvgIpc) is 3.65. The fraction of sp³-hybridized carbons (Fsp3) is 0.0476. The maximum Gasteiger partial charge on any atom is 0.129 e. The van der Waals surface area contributed by atoms with Gasteiger partial charge in [0, 0.05) is 60.9 Å². The van der Waals surface area contributed by atoms with Gasteiger partial charge in [-0.2, -0.15) is 0 Å². The molecule has 1 aliphatic carbocycles. The van der Waals surface area contributed by atoms with Crippen LogP contribution < -0.4 is 9.64 Å². The van der Waals surface area contributed by atoms with Gasteiger partial charge in [-0.15, -0.1) is 11.3 Å². The Balaban J connectivity index is 1.20. The number of rotatable bonds is 3. The summed E-state index contributed by atoms with van der Waals surface area (Å²) in [6.45, 7) is 0. The van der Waals surface area contributed by atoms with E-state index in [4.69, 9.17) is 4.74 Å². The first-order valence-corrected chi connectivity index (χ1v) is 16.3. The Morgan fingerprint density at radius 3 is 2.16 bits per heavy atom. The summed E-state index contributed by atoms with van der Waals surface area (Å²) in [6, 6.07) is 46.9. The molecule has 0 radical (unpaired) electrons. The average molecular weight is 594 g/mol. The van der Waals surface area contributed by atoms with E-state index < -0.39 is 0 Å². The van der Waals surface area contributed by atoms with E-state index in [1.807, 2.05) is 11.3 Å². The van der Waals surface area contributed by atoms with Gasteiger partial charge in [-0.3, -0.25) is 0 Å². The zero-order valence-electron chi connectivity index (χ0n) is 24.4. The normalized spacial score (nSPS) is 15.5. The van der Waals surface area contributed by atoms with Crippen LogP contribution in [0.25, 0.3) is 58.1 Å². The van der Waals surface area contributed by atoms with Gasteiger partial charge in [0.25, 0.3) is 0 Å². The lowest BCUT2D eigenvalue weighted by molar-refractivity contribution is 0.279. The van der Waals surface area contributed by atoms with Gasteiger partial charge in [-0.1, -0.05) is 97.1 Å². The highest BCUT2D eigenvalue weighted by Crippen LogP contribution is 2.46. The molecule has 212 valence electrons. The minimum atomic E-state index is 0.102. The lowest BCUT2D eigenvalue weighted by Gasteiger charge is -2.26. The van der Waals surface area contributed by atoms with Crippen molar-refractivity contribution < 1.29 is 4.74 Å². The Kier molecular flexibility index (Phi) is 5.31. The van der Waals surface area contributed by atoms with Crippen LogP contribution in [0.4, 0.5) is 17.1 Å². The molecule has 7 aromatic carbocycles. The number of fused-ring (bicyclic) bond motifs is 11. The summed E-state index contributed by atoms with van der Waals surface area (Å²) in [5, 5.41) is 10.2. The lowest BCUT2D eigenvalue weighted by atomic mass is 9.96. The first kappa shape index (κ1) is 25.0. The third kappa shape index (κ3) is 3.81. The molecule has 0 N–H and O–H groups in total. The summed E-state index contributed by atoms with van der Waals surface area (Å²) in [5.74, 6) is 0.957. The van der Waals surface area contributed by atoms with Crippen molar-refractivity contribution in [3.63, 3.8) is 0 Å². The lowest BCUT2D eigenvalue weighted by Crippen LogP contribution is -2.12. The van der Waals surface area contributed by atoms with Crippen molar-refractivity contribution in [1.82, 2.24) is 0 Å². The molecule has 0 fully saturated rings. The van der Waals surface area contributed by atoms with Crippen molar-refractivity contribution in [2.24, 2.45) is 0 Å². The van der Waals surface area contributed by atoms with Crippen molar-refractivity contribution >= 4 is 86.5 Å². The van der Waals surface area contributed by atoms with Crippen molar-refractivity contribution in [3.8, 4) is 5.75 Å². The summed E-state index contributed by atoms with van der Waals surface area (Å²) in [6.07, 6.45) is 7.55. The fourth-order valence-electron chi connectivity index (χ4n) is 7.37.